The maximum Gasteiger partial charge on any atom is -0.0157 e. The van der Waals surface area contributed by atoms with E-state index in [0.29, 0.717) is 0 Å². The van der Waals surface area contributed by atoms with Gasteiger partial charge in [0.15, 0.2) is 0 Å². The standard InChI is InChI=1S/C14H18/c1-2-4-13(5-3-1)14-9-11-6-7-12(8-11)10-14/h1-5,11-12,14H,6-10H2/t11-,12+,14?. The van der Waals surface area contributed by atoms with E-state index in [-0.39, 0.29) is 0 Å². The van der Waals surface area contributed by atoms with Crippen molar-refractivity contribution in [3.05, 3.63) is 35.9 Å². The lowest BCUT2D eigenvalue weighted by Crippen LogP contribution is -2.14. The van der Waals surface area contributed by atoms with Gasteiger partial charge in [0.25, 0.3) is 0 Å². The second-order valence-corrected chi connectivity index (χ2v) is 5.12. The highest BCUT2D eigenvalue weighted by molar-refractivity contribution is 5.20. The summed E-state index contributed by atoms with van der Waals surface area (Å²) in [6.45, 7) is 0. The van der Waals surface area contributed by atoms with E-state index in [2.05, 4.69) is 30.3 Å². The van der Waals surface area contributed by atoms with E-state index >= 15 is 0 Å². The van der Waals surface area contributed by atoms with E-state index in [1.165, 1.54) is 32.1 Å². The van der Waals surface area contributed by atoms with Crippen LogP contribution in [-0.2, 0) is 0 Å². The Morgan fingerprint density at radius 1 is 0.786 bits per heavy atom. The predicted octanol–water partition coefficient (Wildman–Crippen LogP) is 3.98. The Kier molecular flexibility index (Phi) is 2.08. The van der Waals surface area contributed by atoms with E-state index in [1.807, 2.05) is 0 Å². The van der Waals surface area contributed by atoms with Gasteiger partial charge in [0.05, 0.1) is 0 Å². The van der Waals surface area contributed by atoms with Crippen molar-refractivity contribution in [2.45, 2.75) is 38.0 Å². The maximum atomic E-state index is 2.31. The first kappa shape index (κ1) is 8.52. The SMILES string of the molecule is c1ccc(C2C[C@H]3CC[C@@H](C2)C3)cc1. The summed E-state index contributed by atoms with van der Waals surface area (Å²) in [7, 11) is 0. The lowest BCUT2D eigenvalue weighted by atomic mass is 9.78. The molecule has 0 saturated heterocycles. The van der Waals surface area contributed by atoms with Crippen LogP contribution in [0, 0.1) is 11.8 Å². The van der Waals surface area contributed by atoms with Crippen molar-refractivity contribution in [1.29, 1.82) is 0 Å². The van der Waals surface area contributed by atoms with E-state index in [9.17, 15) is 0 Å². The number of benzene rings is 1. The minimum absolute atomic E-state index is 0.877. The molecule has 0 amide bonds. The summed E-state index contributed by atoms with van der Waals surface area (Å²) >= 11 is 0. The largest absolute Gasteiger partial charge is 0.0622 e. The zero-order valence-corrected chi connectivity index (χ0v) is 8.65. The molecule has 3 rings (SSSR count). The molecule has 2 bridgehead atoms. The topological polar surface area (TPSA) is 0 Å². The third-order valence-corrected chi connectivity index (χ3v) is 4.16. The van der Waals surface area contributed by atoms with Gasteiger partial charge in [-0.3, -0.25) is 0 Å². The molecular weight excluding hydrogens is 168 g/mol. The first-order valence-electron chi connectivity index (χ1n) is 5.97. The molecule has 0 spiro atoms. The summed E-state index contributed by atoms with van der Waals surface area (Å²) in [6.07, 6.45) is 7.46. The van der Waals surface area contributed by atoms with Gasteiger partial charge in [0.2, 0.25) is 0 Å². The normalized spacial score (nSPS) is 35.9. The van der Waals surface area contributed by atoms with Gasteiger partial charge in [-0.25, -0.2) is 0 Å². The first-order valence-corrected chi connectivity index (χ1v) is 5.97. The molecule has 2 aliphatic carbocycles. The fourth-order valence-electron chi connectivity index (χ4n) is 3.50. The minimum atomic E-state index is 0.877. The second-order valence-electron chi connectivity index (χ2n) is 5.12. The third kappa shape index (κ3) is 1.47. The Morgan fingerprint density at radius 2 is 1.43 bits per heavy atom. The van der Waals surface area contributed by atoms with Crippen molar-refractivity contribution in [2.24, 2.45) is 11.8 Å². The minimum Gasteiger partial charge on any atom is -0.0622 e. The molecule has 0 N–H and O–H groups in total. The molecular formula is C14H18. The molecule has 2 saturated carbocycles. The van der Waals surface area contributed by atoms with Gasteiger partial charge in [0, 0.05) is 0 Å². The van der Waals surface area contributed by atoms with Crippen molar-refractivity contribution in [2.75, 3.05) is 0 Å². The van der Waals surface area contributed by atoms with Crippen molar-refractivity contribution in [3.63, 3.8) is 0 Å². The summed E-state index contributed by atoms with van der Waals surface area (Å²) in [6, 6.07) is 11.1. The van der Waals surface area contributed by atoms with Gasteiger partial charge in [-0.05, 0) is 42.6 Å². The van der Waals surface area contributed by atoms with Crippen LogP contribution in [0.5, 0.6) is 0 Å². The quantitative estimate of drug-likeness (QED) is 0.622. The van der Waals surface area contributed by atoms with Gasteiger partial charge in [0.1, 0.15) is 0 Å². The number of hydrogen-bond acceptors (Lipinski definition) is 0. The molecule has 0 aliphatic heterocycles. The van der Waals surface area contributed by atoms with Crippen LogP contribution < -0.4 is 0 Å². The fourth-order valence-corrected chi connectivity index (χ4v) is 3.50. The molecule has 2 fully saturated rings. The third-order valence-electron chi connectivity index (χ3n) is 4.16. The monoisotopic (exact) mass is 186 g/mol. The van der Waals surface area contributed by atoms with Gasteiger partial charge in [-0.1, -0.05) is 43.2 Å². The molecule has 14 heavy (non-hydrogen) atoms. The number of rotatable bonds is 1. The predicted molar refractivity (Wildman–Crippen MR) is 59.2 cm³/mol. The zero-order valence-electron chi connectivity index (χ0n) is 8.65. The molecule has 0 nitrogen and oxygen atoms in total. The maximum absolute atomic E-state index is 2.31. The van der Waals surface area contributed by atoms with E-state index in [0.717, 1.165) is 17.8 Å². The summed E-state index contributed by atoms with van der Waals surface area (Å²) in [4.78, 5) is 0. The molecule has 1 aromatic carbocycles. The molecule has 0 aromatic heterocycles. The van der Waals surface area contributed by atoms with Gasteiger partial charge in [-0.2, -0.15) is 0 Å². The number of fused-ring (bicyclic) bond motifs is 2. The highest BCUT2D eigenvalue weighted by Gasteiger charge is 2.34. The molecule has 1 unspecified atom stereocenters. The fraction of sp³-hybridized carbons (Fsp3) is 0.571. The Labute approximate surface area is 86.3 Å². The molecule has 2 aliphatic rings. The molecule has 0 heterocycles. The highest BCUT2D eigenvalue weighted by atomic mass is 14.4. The lowest BCUT2D eigenvalue weighted by molar-refractivity contribution is 0.319. The van der Waals surface area contributed by atoms with Gasteiger partial charge < -0.3 is 0 Å². The van der Waals surface area contributed by atoms with Gasteiger partial charge in [-0.15, -0.1) is 0 Å². The summed E-state index contributed by atoms with van der Waals surface area (Å²) in [5.74, 6) is 2.99. The molecule has 0 radical (unpaired) electrons. The summed E-state index contributed by atoms with van der Waals surface area (Å²) in [5, 5.41) is 0. The molecule has 1 aromatic rings. The zero-order chi connectivity index (χ0) is 9.38. The molecule has 74 valence electrons. The van der Waals surface area contributed by atoms with Crippen LogP contribution in [0.1, 0.15) is 43.6 Å². The smallest absolute Gasteiger partial charge is 0.0157 e. The van der Waals surface area contributed by atoms with E-state index in [1.54, 1.807) is 5.56 Å². The molecule has 0 heteroatoms. The van der Waals surface area contributed by atoms with Crippen molar-refractivity contribution in [3.8, 4) is 0 Å². The Bertz CT molecular complexity index is 289. The van der Waals surface area contributed by atoms with Crippen LogP contribution in [-0.4, -0.2) is 0 Å². The van der Waals surface area contributed by atoms with Crippen LogP contribution in [0.2, 0.25) is 0 Å². The Hall–Kier alpha value is -0.780. The number of hydrogen-bond donors (Lipinski definition) is 0. The average molecular weight is 186 g/mol. The van der Waals surface area contributed by atoms with Crippen molar-refractivity contribution < 1.29 is 0 Å². The molecule has 3 atom stereocenters. The van der Waals surface area contributed by atoms with Crippen molar-refractivity contribution in [1.82, 2.24) is 0 Å². The second kappa shape index (κ2) is 3.42. The van der Waals surface area contributed by atoms with E-state index < -0.39 is 0 Å². The van der Waals surface area contributed by atoms with Crippen LogP contribution >= 0.6 is 0 Å². The first-order chi connectivity index (χ1) is 6.92. The van der Waals surface area contributed by atoms with Crippen LogP contribution in [0.15, 0.2) is 30.3 Å². The van der Waals surface area contributed by atoms with Crippen molar-refractivity contribution >= 4 is 0 Å². The Balaban J connectivity index is 1.81. The van der Waals surface area contributed by atoms with Crippen LogP contribution in [0.4, 0.5) is 0 Å². The highest BCUT2D eigenvalue weighted by Crippen LogP contribution is 2.48. The summed E-state index contributed by atoms with van der Waals surface area (Å²) in [5.41, 5.74) is 1.59. The summed E-state index contributed by atoms with van der Waals surface area (Å²) < 4.78 is 0. The van der Waals surface area contributed by atoms with Gasteiger partial charge >= 0.3 is 0 Å². The van der Waals surface area contributed by atoms with Crippen LogP contribution in [0.3, 0.4) is 0 Å². The lowest BCUT2D eigenvalue weighted by Gasteiger charge is -2.27. The Morgan fingerprint density at radius 3 is 2.07 bits per heavy atom. The van der Waals surface area contributed by atoms with Crippen LogP contribution in [0.25, 0.3) is 0 Å². The van der Waals surface area contributed by atoms with E-state index in [4.69, 9.17) is 0 Å². The average Bonchev–Trinajstić information content (AvgIpc) is 2.59.